The molecule has 0 atom stereocenters. The van der Waals surface area contributed by atoms with E-state index in [0.717, 1.165) is 56.6 Å². The predicted molar refractivity (Wildman–Crippen MR) is 109 cm³/mol. The quantitative estimate of drug-likeness (QED) is 0.655. The second-order valence-corrected chi connectivity index (χ2v) is 8.97. The molecule has 0 aromatic carbocycles. The highest BCUT2D eigenvalue weighted by Crippen LogP contribution is 2.22. The molecule has 3 aromatic heterocycles. The summed E-state index contributed by atoms with van der Waals surface area (Å²) in [4.78, 5) is 9.74. The Morgan fingerprint density at radius 3 is 2.78 bits per heavy atom. The molecule has 0 N–H and O–H groups in total. The van der Waals surface area contributed by atoms with Crippen LogP contribution in [0.5, 0.6) is 0 Å². The van der Waals surface area contributed by atoms with E-state index in [1.807, 2.05) is 29.8 Å². The summed E-state index contributed by atoms with van der Waals surface area (Å²) < 4.78 is 2.31. The molecule has 5 nitrogen and oxygen atoms in total. The number of hydrogen-bond acceptors (Lipinski definition) is 5. The predicted octanol–water partition coefficient (Wildman–Crippen LogP) is 3.58. The summed E-state index contributed by atoms with van der Waals surface area (Å²) in [5.74, 6) is 2.88. The first-order valence-electron chi connectivity index (χ1n) is 9.77. The Labute approximate surface area is 165 Å². The van der Waals surface area contributed by atoms with Gasteiger partial charge in [0.2, 0.25) is 0 Å². The lowest BCUT2D eigenvalue weighted by atomic mass is 10.1. The van der Waals surface area contributed by atoms with Gasteiger partial charge in [-0.1, -0.05) is 19.9 Å². The fourth-order valence-corrected chi connectivity index (χ4v) is 4.91. The van der Waals surface area contributed by atoms with E-state index in [1.54, 1.807) is 0 Å². The number of nitrogens with zero attached hydrogens (tertiary/aromatic N) is 5. The van der Waals surface area contributed by atoms with Crippen molar-refractivity contribution in [2.24, 2.45) is 5.92 Å². The standard InChI is InChI=1S/C21H27N5S/c1-16(2)12-18-5-6-19(27-18)15-25-9-7-20-23-24-21(26(20)11-10-25)13-17-4-3-8-22-14-17/h3-6,8,14,16H,7,9-13,15H2,1-2H3. The van der Waals surface area contributed by atoms with Gasteiger partial charge in [0.15, 0.2) is 0 Å². The topological polar surface area (TPSA) is 46.8 Å². The zero-order valence-corrected chi connectivity index (χ0v) is 17.0. The van der Waals surface area contributed by atoms with Gasteiger partial charge in [-0.15, -0.1) is 21.5 Å². The molecular formula is C21H27N5S. The van der Waals surface area contributed by atoms with Crippen LogP contribution >= 0.6 is 11.3 Å². The molecule has 0 fully saturated rings. The van der Waals surface area contributed by atoms with E-state index in [1.165, 1.54) is 21.7 Å². The van der Waals surface area contributed by atoms with Gasteiger partial charge in [0.1, 0.15) is 11.6 Å². The lowest BCUT2D eigenvalue weighted by molar-refractivity contribution is 0.273. The van der Waals surface area contributed by atoms with Gasteiger partial charge >= 0.3 is 0 Å². The summed E-state index contributed by atoms with van der Waals surface area (Å²) >= 11 is 1.97. The summed E-state index contributed by atoms with van der Waals surface area (Å²) in [6, 6.07) is 8.69. The highest BCUT2D eigenvalue weighted by Gasteiger charge is 2.19. The van der Waals surface area contributed by atoms with Crippen molar-refractivity contribution in [2.45, 2.75) is 46.2 Å². The summed E-state index contributed by atoms with van der Waals surface area (Å²) in [5.41, 5.74) is 1.19. The Bertz CT molecular complexity index is 868. The zero-order chi connectivity index (χ0) is 18.6. The molecule has 0 saturated carbocycles. The Kier molecular flexibility index (Phi) is 5.64. The molecule has 4 rings (SSSR count). The number of fused-ring (bicyclic) bond motifs is 1. The van der Waals surface area contributed by atoms with E-state index in [4.69, 9.17) is 0 Å². The fraction of sp³-hybridized carbons (Fsp3) is 0.476. The van der Waals surface area contributed by atoms with Crippen molar-refractivity contribution in [3.63, 3.8) is 0 Å². The molecule has 0 unspecified atom stereocenters. The Balaban J connectivity index is 1.39. The summed E-state index contributed by atoms with van der Waals surface area (Å²) in [5, 5.41) is 8.90. The third-order valence-corrected chi connectivity index (χ3v) is 6.08. The van der Waals surface area contributed by atoms with Gasteiger partial charge in [0, 0.05) is 61.2 Å². The van der Waals surface area contributed by atoms with Gasteiger partial charge in [-0.3, -0.25) is 9.88 Å². The van der Waals surface area contributed by atoms with Crippen LogP contribution in [0.3, 0.4) is 0 Å². The molecule has 0 spiro atoms. The fourth-order valence-electron chi connectivity index (χ4n) is 3.64. The maximum atomic E-state index is 4.46. The van der Waals surface area contributed by atoms with Crippen LogP contribution in [0.15, 0.2) is 36.7 Å². The summed E-state index contributed by atoms with van der Waals surface area (Å²) in [6.45, 7) is 8.66. The van der Waals surface area contributed by atoms with E-state index < -0.39 is 0 Å². The number of rotatable bonds is 6. The smallest absolute Gasteiger partial charge is 0.137 e. The molecule has 4 heterocycles. The highest BCUT2D eigenvalue weighted by atomic mass is 32.1. The van der Waals surface area contributed by atoms with E-state index in [2.05, 4.69) is 56.7 Å². The van der Waals surface area contributed by atoms with Crippen LogP contribution < -0.4 is 0 Å². The highest BCUT2D eigenvalue weighted by molar-refractivity contribution is 7.11. The largest absolute Gasteiger partial charge is 0.313 e. The molecular weight excluding hydrogens is 354 g/mol. The Hall–Kier alpha value is -2.05. The molecule has 0 amide bonds. The van der Waals surface area contributed by atoms with Crippen LogP contribution in [0.2, 0.25) is 0 Å². The van der Waals surface area contributed by atoms with E-state index >= 15 is 0 Å². The van der Waals surface area contributed by atoms with Crippen molar-refractivity contribution in [1.29, 1.82) is 0 Å². The molecule has 142 valence electrons. The minimum absolute atomic E-state index is 0.720. The van der Waals surface area contributed by atoms with Gasteiger partial charge < -0.3 is 4.57 Å². The van der Waals surface area contributed by atoms with Crippen molar-refractivity contribution >= 4 is 11.3 Å². The van der Waals surface area contributed by atoms with Crippen LogP contribution in [-0.4, -0.2) is 37.7 Å². The maximum absolute atomic E-state index is 4.46. The van der Waals surface area contributed by atoms with Gasteiger partial charge in [-0.25, -0.2) is 0 Å². The molecule has 6 heteroatoms. The Morgan fingerprint density at radius 2 is 1.96 bits per heavy atom. The molecule has 0 radical (unpaired) electrons. The Morgan fingerprint density at radius 1 is 1.07 bits per heavy atom. The van der Waals surface area contributed by atoms with Crippen LogP contribution in [0.1, 0.15) is 40.8 Å². The molecule has 1 aliphatic rings. The average molecular weight is 382 g/mol. The van der Waals surface area contributed by atoms with Gasteiger partial charge in [0.25, 0.3) is 0 Å². The third kappa shape index (κ3) is 4.62. The lowest BCUT2D eigenvalue weighted by Crippen LogP contribution is -2.26. The molecule has 0 bridgehead atoms. The summed E-state index contributed by atoms with van der Waals surface area (Å²) in [7, 11) is 0. The van der Waals surface area contributed by atoms with Crippen molar-refractivity contribution in [2.75, 3.05) is 13.1 Å². The van der Waals surface area contributed by atoms with Crippen molar-refractivity contribution in [3.8, 4) is 0 Å². The first-order chi connectivity index (χ1) is 13.2. The van der Waals surface area contributed by atoms with Crippen molar-refractivity contribution in [1.82, 2.24) is 24.6 Å². The van der Waals surface area contributed by atoms with Gasteiger partial charge in [0.05, 0.1) is 0 Å². The van der Waals surface area contributed by atoms with Crippen LogP contribution in [0.4, 0.5) is 0 Å². The number of pyridine rings is 1. The van der Waals surface area contributed by atoms with Crippen LogP contribution in [0.25, 0.3) is 0 Å². The van der Waals surface area contributed by atoms with Crippen molar-refractivity contribution in [3.05, 3.63) is 63.6 Å². The maximum Gasteiger partial charge on any atom is 0.137 e. The van der Waals surface area contributed by atoms with E-state index in [-0.39, 0.29) is 0 Å². The first kappa shape index (κ1) is 18.3. The molecule has 3 aromatic rings. The minimum atomic E-state index is 0.720. The second-order valence-electron chi connectivity index (χ2n) is 7.71. The number of thiophene rings is 1. The summed E-state index contributed by atoms with van der Waals surface area (Å²) in [6.07, 6.45) is 6.66. The molecule has 0 saturated heterocycles. The first-order valence-corrected chi connectivity index (χ1v) is 10.6. The van der Waals surface area contributed by atoms with Gasteiger partial charge in [-0.05, 0) is 36.1 Å². The zero-order valence-electron chi connectivity index (χ0n) is 16.1. The minimum Gasteiger partial charge on any atom is -0.313 e. The second kappa shape index (κ2) is 8.31. The molecule has 0 aliphatic carbocycles. The van der Waals surface area contributed by atoms with Crippen molar-refractivity contribution < 1.29 is 0 Å². The van der Waals surface area contributed by atoms with E-state index in [0.29, 0.717) is 0 Å². The molecule has 1 aliphatic heterocycles. The number of hydrogen-bond donors (Lipinski definition) is 0. The van der Waals surface area contributed by atoms with Crippen LogP contribution in [0, 0.1) is 5.92 Å². The average Bonchev–Trinajstić information content (AvgIpc) is 3.18. The lowest BCUT2D eigenvalue weighted by Gasteiger charge is -2.18. The SMILES string of the molecule is CC(C)Cc1ccc(CN2CCc3nnc(Cc4cccnc4)n3CC2)s1. The third-order valence-electron chi connectivity index (χ3n) is 4.99. The van der Waals surface area contributed by atoms with Crippen LogP contribution in [-0.2, 0) is 32.4 Å². The monoisotopic (exact) mass is 381 g/mol. The normalized spacial score (nSPS) is 15.1. The number of aromatic nitrogens is 4. The van der Waals surface area contributed by atoms with E-state index in [9.17, 15) is 0 Å². The van der Waals surface area contributed by atoms with Gasteiger partial charge in [-0.2, -0.15) is 0 Å². The molecule has 27 heavy (non-hydrogen) atoms.